The summed E-state index contributed by atoms with van der Waals surface area (Å²) in [6, 6.07) is 9.71. The summed E-state index contributed by atoms with van der Waals surface area (Å²) in [5.41, 5.74) is 1.66. The maximum Gasteiger partial charge on any atom is 0.140 e. The molecule has 0 aliphatic rings. The molecule has 0 fully saturated rings. The van der Waals surface area contributed by atoms with Crippen molar-refractivity contribution in [1.29, 1.82) is 0 Å². The Balaban J connectivity index is 2.28. The Morgan fingerprint density at radius 1 is 1.18 bits per heavy atom. The van der Waals surface area contributed by atoms with Crippen molar-refractivity contribution >= 4 is 27.8 Å². The molecule has 0 saturated heterocycles. The highest BCUT2D eigenvalue weighted by atomic mass is 16.3. The summed E-state index contributed by atoms with van der Waals surface area (Å²) in [6.07, 6.45) is 1.70. The quantitative estimate of drug-likeness (QED) is 0.722. The molecule has 4 heteroatoms. The number of para-hydroxylation sites is 1. The van der Waals surface area contributed by atoms with E-state index in [1.807, 2.05) is 30.3 Å². The smallest absolute Gasteiger partial charge is 0.140 e. The summed E-state index contributed by atoms with van der Waals surface area (Å²) >= 11 is 0. The van der Waals surface area contributed by atoms with Gasteiger partial charge in [-0.2, -0.15) is 0 Å². The maximum atomic E-state index is 8.85. The van der Waals surface area contributed by atoms with Gasteiger partial charge in [0.15, 0.2) is 0 Å². The van der Waals surface area contributed by atoms with E-state index < -0.39 is 0 Å². The van der Waals surface area contributed by atoms with Gasteiger partial charge in [0.2, 0.25) is 0 Å². The molecule has 0 amide bonds. The molecule has 2 aromatic heterocycles. The van der Waals surface area contributed by atoms with Gasteiger partial charge in [0.05, 0.1) is 12.0 Å². The van der Waals surface area contributed by atoms with E-state index in [-0.39, 0.29) is 6.61 Å². The normalized spacial score (nSPS) is 11.1. The molecule has 1 aromatic carbocycles. The van der Waals surface area contributed by atoms with E-state index in [1.54, 1.807) is 6.20 Å². The predicted molar refractivity (Wildman–Crippen MR) is 67.1 cm³/mol. The lowest BCUT2D eigenvalue weighted by atomic mass is 10.2. The second kappa shape index (κ2) is 4.07. The molecule has 0 spiro atoms. The predicted octanol–water partition coefficient (Wildman–Crippen LogP) is 2.39. The molecule has 4 nitrogen and oxygen atoms in total. The van der Waals surface area contributed by atoms with Crippen molar-refractivity contribution in [2.75, 3.05) is 18.5 Å². The van der Waals surface area contributed by atoms with Crippen LogP contribution in [0.1, 0.15) is 0 Å². The number of aliphatic hydroxyl groups is 1. The van der Waals surface area contributed by atoms with E-state index in [2.05, 4.69) is 10.3 Å². The third-order valence-electron chi connectivity index (χ3n) is 2.69. The number of hydrogen-bond donors (Lipinski definition) is 2. The van der Waals surface area contributed by atoms with Gasteiger partial charge < -0.3 is 14.8 Å². The van der Waals surface area contributed by atoms with Crippen LogP contribution in [0.3, 0.4) is 0 Å². The zero-order chi connectivity index (χ0) is 11.7. The molecule has 3 rings (SSSR count). The average Bonchev–Trinajstić information content (AvgIpc) is 2.75. The SMILES string of the molecule is OCCNc1nccc2oc3ccccc3c12. The standard InChI is InChI=1S/C13H12N2O2/c16-8-7-15-13-12-9-3-1-2-4-10(9)17-11(12)5-6-14-13/h1-6,16H,7-8H2,(H,14,15). The van der Waals surface area contributed by atoms with Crippen molar-refractivity contribution < 1.29 is 9.52 Å². The lowest BCUT2D eigenvalue weighted by Gasteiger charge is -2.03. The van der Waals surface area contributed by atoms with Crippen LogP contribution in [0.5, 0.6) is 0 Å². The Morgan fingerprint density at radius 3 is 2.94 bits per heavy atom. The molecule has 0 aliphatic heterocycles. The first-order valence-corrected chi connectivity index (χ1v) is 5.51. The molecular formula is C13H12N2O2. The lowest BCUT2D eigenvalue weighted by molar-refractivity contribution is 0.311. The van der Waals surface area contributed by atoms with Gasteiger partial charge in [0.25, 0.3) is 0 Å². The van der Waals surface area contributed by atoms with E-state index >= 15 is 0 Å². The molecule has 0 bridgehead atoms. The van der Waals surface area contributed by atoms with E-state index in [0.29, 0.717) is 6.54 Å². The fraction of sp³-hybridized carbons (Fsp3) is 0.154. The first-order valence-electron chi connectivity index (χ1n) is 5.51. The van der Waals surface area contributed by atoms with Crippen LogP contribution in [0.25, 0.3) is 21.9 Å². The molecule has 0 unspecified atom stereocenters. The monoisotopic (exact) mass is 228 g/mol. The minimum Gasteiger partial charge on any atom is -0.456 e. The van der Waals surface area contributed by atoms with Crippen molar-refractivity contribution in [1.82, 2.24) is 4.98 Å². The number of aromatic nitrogens is 1. The number of nitrogens with zero attached hydrogens (tertiary/aromatic N) is 1. The highest BCUT2D eigenvalue weighted by molar-refractivity contribution is 6.10. The summed E-state index contributed by atoms with van der Waals surface area (Å²) in [4.78, 5) is 4.28. The zero-order valence-electron chi connectivity index (χ0n) is 9.18. The fourth-order valence-electron chi connectivity index (χ4n) is 1.98. The molecule has 2 heterocycles. The largest absolute Gasteiger partial charge is 0.456 e. The van der Waals surface area contributed by atoms with Gasteiger partial charge in [-0.25, -0.2) is 4.98 Å². The number of nitrogens with one attached hydrogen (secondary N) is 1. The summed E-state index contributed by atoms with van der Waals surface area (Å²) in [5.74, 6) is 0.751. The van der Waals surface area contributed by atoms with Gasteiger partial charge in [0.1, 0.15) is 17.0 Å². The maximum absolute atomic E-state index is 8.85. The van der Waals surface area contributed by atoms with E-state index in [9.17, 15) is 0 Å². The molecule has 0 radical (unpaired) electrons. The molecule has 0 saturated carbocycles. The highest BCUT2D eigenvalue weighted by Gasteiger charge is 2.10. The number of fused-ring (bicyclic) bond motifs is 3. The van der Waals surface area contributed by atoms with Gasteiger partial charge in [-0.05, 0) is 12.1 Å². The Kier molecular flexibility index (Phi) is 2.42. The first-order chi connectivity index (χ1) is 8.40. The van der Waals surface area contributed by atoms with Gasteiger partial charge in [-0.15, -0.1) is 0 Å². The van der Waals surface area contributed by atoms with Crippen molar-refractivity contribution in [3.63, 3.8) is 0 Å². The molecule has 0 aliphatic carbocycles. The Hall–Kier alpha value is -2.07. The summed E-state index contributed by atoms with van der Waals surface area (Å²) in [7, 11) is 0. The van der Waals surface area contributed by atoms with Crippen LogP contribution < -0.4 is 5.32 Å². The minimum absolute atomic E-state index is 0.0772. The van der Waals surface area contributed by atoms with E-state index in [1.165, 1.54) is 0 Å². The molecule has 3 aromatic rings. The number of hydrogen-bond acceptors (Lipinski definition) is 4. The summed E-state index contributed by atoms with van der Waals surface area (Å²) < 4.78 is 5.73. The van der Waals surface area contributed by atoms with Crippen LogP contribution in [-0.2, 0) is 0 Å². The van der Waals surface area contributed by atoms with Crippen molar-refractivity contribution in [2.45, 2.75) is 0 Å². The number of pyridine rings is 1. The topological polar surface area (TPSA) is 58.3 Å². The number of anilines is 1. The second-order valence-corrected chi connectivity index (χ2v) is 3.78. The van der Waals surface area contributed by atoms with Crippen LogP contribution in [0.15, 0.2) is 40.9 Å². The minimum atomic E-state index is 0.0772. The third kappa shape index (κ3) is 1.62. The lowest BCUT2D eigenvalue weighted by Crippen LogP contribution is -2.06. The molecular weight excluding hydrogens is 216 g/mol. The van der Waals surface area contributed by atoms with Crippen LogP contribution in [0.2, 0.25) is 0 Å². The zero-order valence-corrected chi connectivity index (χ0v) is 9.18. The van der Waals surface area contributed by atoms with Crippen LogP contribution in [0, 0.1) is 0 Å². The number of furan rings is 1. The van der Waals surface area contributed by atoms with Crippen LogP contribution >= 0.6 is 0 Å². The van der Waals surface area contributed by atoms with Gasteiger partial charge in [0, 0.05) is 18.1 Å². The Labute approximate surface area is 97.9 Å². The van der Waals surface area contributed by atoms with Gasteiger partial charge in [-0.3, -0.25) is 0 Å². The van der Waals surface area contributed by atoms with Crippen molar-refractivity contribution in [2.24, 2.45) is 0 Å². The van der Waals surface area contributed by atoms with Crippen LogP contribution in [0.4, 0.5) is 5.82 Å². The van der Waals surface area contributed by atoms with Gasteiger partial charge in [-0.1, -0.05) is 18.2 Å². The summed E-state index contributed by atoms with van der Waals surface area (Å²) in [6.45, 7) is 0.555. The number of aliphatic hydroxyl groups excluding tert-OH is 1. The van der Waals surface area contributed by atoms with Gasteiger partial charge >= 0.3 is 0 Å². The molecule has 0 atom stereocenters. The number of benzene rings is 1. The average molecular weight is 228 g/mol. The van der Waals surface area contributed by atoms with Crippen molar-refractivity contribution in [3.8, 4) is 0 Å². The van der Waals surface area contributed by atoms with E-state index in [4.69, 9.17) is 9.52 Å². The first kappa shape index (κ1) is 10.1. The second-order valence-electron chi connectivity index (χ2n) is 3.78. The van der Waals surface area contributed by atoms with E-state index in [0.717, 1.165) is 27.8 Å². The third-order valence-corrected chi connectivity index (χ3v) is 2.69. The molecule has 17 heavy (non-hydrogen) atoms. The molecule has 2 N–H and O–H groups in total. The number of rotatable bonds is 3. The molecule has 86 valence electrons. The Morgan fingerprint density at radius 2 is 2.06 bits per heavy atom. The summed E-state index contributed by atoms with van der Waals surface area (Å²) in [5, 5.41) is 14.0. The highest BCUT2D eigenvalue weighted by Crippen LogP contribution is 2.32. The Bertz CT molecular complexity index is 661. The van der Waals surface area contributed by atoms with Crippen molar-refractivity contribution in [3.05, 3.63) is 36.5 Å². The fourth-order valence-corrected chi connectivity index (χ4v) is 1.98. The van der Waals surface area contributed by atoms with Crippen LogP contribution in [-0.4, -0.2) is 23.2 Å².